The fourth-order valence-corrected chi connectivity index (χ4v) is 1.79. The fraction of sp³-hybridized carbons (Fsp3) is 0.571. The van der Waals surface area contributed by atoms with E-state index in [0.717, 1.165) is 6.08 Å². The van der Waals surface area contributed by atoms with Gasteiger partial charge in [-0.3, -0.25) is 4.55 Å². The Morgan fingerprint density at radius 1 is 1.28 bits per heavy atom. The Kier molecular flexibility index (Phi) is 20.9. The number of hydrogen-bond acceptors (Lipinski definition) is 5. The van der Waals surface area contributed by atoms with Gasteiger partial charge >= 0.3 is 63.3 Å². The molecule has 0 saturated carbocycles. The molecule has 0 aliphatic rings. The van der Waals surface area contributed by atoms with Crippen LogP contribution in [0.25, 0.3) is 0 Å². The average Bonchev–Trinajstić information content (AvgIpc) is 2.36. The maximum Gasteiger partial charge on any atom is 1.00 e. The second kappa shape index (κ2) is 16.1. The molecule has 0 aliphatic heterocycles. The Hall–Kier alpha value is -0.114. The van der Waals surface area contributed by atoms with Crippen molar-refractivity contribution in [3.63, 3.8) is 0 Å². The number of carboxylic acids is 1. The Morgan fingerprint density at radius 2 is 1.72 bits per heavy atom. The van der Waals surface area contributed by atoms with Gasteiger partial charge in [-0.25, -0.2) is 9.59 Å². The smallest absolute Gasteiger partial charge is 1.00 e. The molecule has 0 aromatic carbocycles. The van der Waals surface area contributed by atoms with Crippen LogP contribution in [0.4, 0.5) is 0 Å². The molecule has 25 heavy (non-hydrogen) atoms. The van der Waals surface area contributed by atoms with Crippen molar-refractivity contribution in [2.24, 2.45) is 0 Å². The van der Waals surface area contributed by atoms with Crippen LogP contribution in [0.15, 0.2) is 24.8 Å². The minimum atomic E-state index is -3.90. The number of carbonyl (C=O) groups is 2. The molecule has 0 amide bonds. The minimum absolute atomic E-state index is 0. The molecule has 0 aliphatic carbocycles. The summed E-state index contributed by atoms with van der Waals surface area (Å²) in [6, 6.07) is 0. The van der Waals surface area contributed by atoms with Crippen molar-refractivity contribution in [1.82, 2.24) is 0 Å². The summed E-state index contributed by atoms with van der Waals surface area (Å²) in [4.78, 5) is 20.4. The molecule has 0 aromatic rings. The molecule has 0 spiro atoms. The van der Waals surface area contributed by atoms with Gasteiger partial charge in [0.05, 0.1) is 26.4 Å². The van der Waals surface area contributed by atoms with Crippen molar-refractivity contribution >= 4 is 22.1 Å². The van der Waals surface area contributed by atoms with E-state index in [1.165, 1.54) is 0 Å². The molecule has 0 atom stereocenters. The van der Waals surface area contributed by atoms with E-state index in [4.69, 9.17) is 14.4 Å². The van der Waals surface area contributed by atoms with Gasteiger partial charge in [0.1, 0.15) is 13.2 Å². The van der Waals surface area contributed by atoms with Gasteiger partial charge in [0, 0.05) is 18.1 Å². The molecule has 0 unspecified atom stereocenters. The summed E-state index contributed by atoms with van der Waals surface area (Å²) in [5.74, 6) is -1.65. The molecule has 0 rings (SSSR count). The van der Waals surface area contributed by atoms with Crippen LogP contribution in [0.3, 0.4) is 0 Å². The van der Waals surface area contributed by atoms with Crippen molar-refractivity contribution in [3.05, 3.63) is 24.8 Å². The average molecular weight is 411 g/mol. The van der Waals surface area contributed by atoms with Crippen LogP contribution >= 0.6 is 0 Å². The van der Waals surface area contributed by atoms with Gasteiger partial charge in [-0.05, 0) is 6.92 Å². The van der Waals surface area contributed by atoms with E-state index in [9.17, 15) is 18.0 Å². The monoisotopic (exact) mass is 410 g/mol. The number of likely N-dealkylation sites (N-methyl/N-ethyl adjacent to an activating group) is 1. The van der Waals surface area contributed by atoms with E-state index in [1.54, 1.807) is 6.92 Å². The molecule has 144 valence electrons. The number of carbonyl (C=O) groups excluding carboxylic acids is 1. The molecular weight excluding hydrogens is 381 g/mol. The van der Waals surface area contributed by atoms with Crippen LogP contribution in [0.1, 0.15) is 14.8 Å². The molecule has 11 heteroatoms. The number of ether oxygens (including phenoxy) is 1. The zero-order valence-corrected chi connectivity index (χ0v) is 19.3. The summed E-state index contributed by atoms with van der Waals surface area (Å²) in [7, 11) is -0.0959. The van der Waals surface area contributed by atoms with Gasteiger partial charge in [0.25, 0.3) is 10.1 Å². The van der Waals surface area contributed by atoms with Gasteiger partial charge in [-0.15, -0.1) is 0 Å². The van der Waals surface area contributed by atoms with Gasteiger partial charge in [0.15, 0.2) is 0 Å². The number of hydrogen-bond donors (Lipinski definition) is 2. The van der Waals surface area contributed by atoms with Crippen LogP contribution in [-0.4, -0.2) is 79.5 Å². The van der Waals surface area contributed by atoms with Gasteiger partial charge in [-0.2, -0.15) is 8.42 Å². The topological polar surface area (TPSA) is 149 Å². The van der Waals surface area contributed by atoms with Crippen molar-refractivity contribution in [1.29, 1.82) is 0 Å². The summed E-state index contributed by atoms with van der Waals surface area (Å²) in [5.41, 5.74) is 0.353. The van der Waals surface area contributed by atoms with Crippen LogP contribution < -0.4 is 51.4 Å². The van der Waals surface area contributed by atoms with Crippen LogP contribution in [0.2, 0.25) is 0 Å². The Labute approximate surface area is 193 Å². The minimum Gasteiger partial charge on any atom is -1.00 e. The molecule has 9 nitrogen and oxygen atoms in total. The third kappa shape index (κ3) is 26.2. The summed E-state index contributed by atoms with van der Waals surface area (Å²) in [6.45, 7) is 9.41. The van der Waals surface area contributed by atoms with E-state index in [1.807, 2.05) is 14.1 Å². The quantitative estimate of drug-likeness (QED) is 0.135. The fourth-order valence-electron chi connectivity index (χ4n) is 1.30. The summed E-state index contributed by atoms with van der Waals surface area (Å²) in [5, 5.41) is 7.60. The molecule has 0 fully saturated rings. The second-order valence-corrected chi connectivity index (χ2v) is 7.05. The van der Waals surface area contributed by atoms with E-state index in [2.05, 4.69) is 13.2 Å². The SMILES string of the molecule is C=C(C)C(=O)OCC[N+](C)(C)CCCS(=O)(=O)O.C=CC(=O)O.O.[H-].[K+]. The first-order valence-corrected chi connectivity index (χ1v) is 8.37. The number of nitrogens with zero attached hydrogens (tertiary/aromatic N) is 1. The Morgan fingerprint density at radius 3 is 2.04 bits per heavy atom. The number of rotatable bonds is 9. The van der Waals surface area contributed by atoms with Gasteiger partial charge in [-0.1, -0.05) is 13.2 Å². The zero-order chi connectivity index (χ0) is 18.7. The normalized spacial score (nSPS) is 10.1. The predicted molar refractivity (Wildman–Crippen MR) is 91.2 cm³/mol. The molecule has 0 aromatic heterocycles. The number of aliphatic carboxylic acids is 1. The van der Waals surface area contributed by atoms with Crippen LogP contribution in [0, 0.1) is 0 Å². The summed E-state index contributed by atoms with van der Waals surface area (Å²) < 4.78 is 35.2. The van der Waals surface area contributed by atoms with Crippen molar-refractivity contribution in [3.8, 4) is 0 Å². The van der Waals surface area contributed by atoms with E-state index >= 15 is 0 Å². The number of quaternary nitrogens is 1. The van der Waals surface area contributed by atoms with Crippen LogP contribution in [-0.2, 0) is 24.4 Å². The van der Waals surface area contributed by atoms with E-state index in [0.29, 0.717) is 29.6 Å². The first-order valence-electron chi connectivity index (χ1n) is 6.76. The Balaban J connectivity index is -0.000000162. The third-order valence-electron chi connectivity index (χ3n) is 2.62. The molecule has 0 radical (unpaired) electrons. The predicted octanol–water partition coefficient (Wildman–Crippen LogP) is -2.99. The zero-order valence-electron chi connectivity index (χ0n) is 16.3. The molecule has 0 bridgehead atoms. The standard InChI is InChI=1S/C11H21NO5S.C3H4O2.K.H2O.H/c1-10(2)11(13)17-8-7-12(3,4)6-5-9-18(14,15)16;1-2-3(4)5;;;/h1,5-9H2,2-4H3;2H,1H2,(H,4,5);;1H2;/q;;+1;;-1/p+1. The van der Waals surface area contributed by atoms with E-state index < -0.39 is 22.1 Å². The van der Waals surface area contributed by atoms with Crippen molar-refractivity contribution in [2.45, 2.75) is 13.3 Å². The molecular formula is C14H29KNO8S+. The first kappa shape index (κ1) is 32.5. The Bertz CT molecular complexity index is 537. The van der Waals surface area contributed by atoms with Gasteiger partial charge in [0.2, 0.25) is 0 Å². The third-order valence-corrected chi connectivity index (χ3v) is 3.42. The van der Waals surface area contributed by atoms with Gasteiger partial charge < -0.3 is 21.2 Å². The summed E-state index contributed by atoms with van der Waals surface area (Å²) in [6.07, 6.45) is 1.19. The number of esters is 1. The van der Waals surface area contributed by atoms with Crippen molar-refractivity contribution < 1.29 is 95.2 Å². The number of carboxylic acid groups (broad SMARTS) is 1. The molecule has 4 N–H and O–H groups in total. The van der Waals surface area contributed by atoms with E-state index in [-0.39, 0.29) is 70.6 Å². The maximum absolute atomic E-state index is 11.1. The molecule has 0 saturated heterocycles. The van der Waals surface area contributed by atoms with Crippen molar-refractivity contribution in [2.75, 3.05) is 39.5 Å². The maximum atomic E-state index is 11.1. The molecule has 0 heterocycles. The van der Waals surface area contributed by atoms with Crippen LogP contribution in [0.5, 0.6) is 0 Å². The largest absolute Gasteiger partial charge is 1.00 e. The first-order chi connectivity index (χ1) is 10.3. The second-order valence-electron chi connectivity index (χ2n) is 5.48. The summed E-state index contributed by atoms with van der Waals surface area (Å²) >= 11 is 0.